The van der Waals surface area contributed by atoms with E-state index in [9.17, 15) is 4.79 Å². The molecule has 1 aliphatic rings. The fourth-order valence-electron chi connectivity index (χ4n) is 2.29. The van der Waals surface area contributed by atoms with Gasteiger partial charge in [-0.15, -0.1) is 12.4 Å². The zero-order valence-corrected chi connectivity index (χ0v) is 13.0. The van der Waals surface area contributed by atoms with Crippen molar-refractivity contribution in [3.05, 3.63) is 59.9 Å². The summed E-state index contributed by atoms with van der Waals surface area (Å²) in [6, 6.07) is 9.75. The Balaban J connectivity index is 0.00000176. The van der Waals surface area contributed by atoms with Crippen molar-refractivity contribution in [1.82, 2.24) is 20.4 Å². The van der Waals surface area contributed by atoms with Crippen molar-refractivity contribution in [2.75, 3.05) is 19.6 Å². The fourth-order valence-corrected chi connectivity index (χ4v) is 2.29. The summed E-state index contributed by atoms with van der Waals surface area (Å²) in [4.78, 5) is 12.1. The van der Waals surface area contributed by atoms with E-state index in [1.54, 1.807) is 17.1 Å². The molecule has 2 heterocycles. The summed E-state index contributed by atoms with van der Waals surface area (Å²) in [5.41, 5.74) is 2.79. The molecule has 2 aromatic rings. The molecule has 5 nitrogen and oxygen atoms in total. The van der Waals surface area contributed by atoms with Crippen LogP contribution in [0.15, 0.2) is 54.4 Å². The average molecular weight is 319 g/mol. The van der Waals surface area contributed by atoms with Crippen LogP contribution < -0.4 is 10.6 Å². The van der Waals surface area contributed by atoms with Crippen LogP contribution in [0.3, 0.4) is 0 Å². The Kier molecular flexibility index (Phi) is 5.75. The zero-order chi connectivity index (χ0) is 14.5. The summed E-state index contributed by atoms with van der Waals surface area (Å²) in [5, 5.41) is 10.4. The smallest absolute Gasteiger partial charge is 0.254 e. The zero-order valence-electron chi connectivity index (χ0n) is 12.2. The van der Waals surface area contributed by atoms with Crippen molar-refractivity contribution in [3.63, 3.8) is 0 Å². The molecule has 0 atom stereocenters. The quantitative estimate of drug-likeness (QED) is 0.847. The summed E-state index contributed by atoms with van der Waals surface area (Å²) in [6.45, 7) is 2.47. The lowest BCUT2D eigenvalue weighted by Gasteiger charge is -2.14. The molecule has 22 heavy (non-hydrogen) atoms. The van der Waals surface area contributed by atoms with E-state index in [1.807, 2.05) is 30.3 Å². The largest absolute Gasteiger partial charge is 0.348 e. The first-order chi connectivity index (χ1) is 10.3. The molecule has 0 saturated heterocycles. The third-order valence-electron chi connectivity index (χ3n) is 3.50. The maximum Gasteiger partial charge on any atom is 0.254 e. The highest BCUT2D eigenvalue weighted by Crippen LogP contribution is 2.08. The number of hydrogen-bond donors (Lipinski definition) is 2. The lowest BCUT2D eigenvalue weighted by Crippen LogP contribution is -2.29. The van der Waals surface area contributed by atoms with E-state index in [0.717, 1.165) is 25.2 Å². The van der Waals surface area contributed by atoms with Gasteiger partial charge >= 0.3 is 0 Å². The van der Waals surface area contributed by atoms with Crippen molar-refractivity contribution in [2.24, 2.45) is 0 Å². The first-order valence-corrected chi connectivity index (χ1v) is 7.10. The summed E-state index contributed by atoms with van der Waals surface area (Å²) < 4.78 is 1.71. The number of para-hydroxylation sites is 1. The molecular formula is C16H19ClN4O. The Morgan fingerprint density at radius 2 is 2.14 bits per heavy atom. The van der Waals surface area contributed by atoms with E-state index in [0.29, 0.717) is 12.1 Å². The lowest BCUT2D eigenvalue weighted by atomic mass is 10.1. The second-order valence-corrected chi connectivity index (χ2v) is 5.01. The number of aromatic nitrogens is 2. The number of carbonyl (C=O) groups excluding carboxylic acids is 1. The molecule has 6 heteroatoms. The monoisotopic (exact) mass is 318 g/mol. The second-order valence-electron chi connectivity index (χ2n) is 5.01. The Hall–Kier alpha value is -2.11. The van der Waals surface area contributed by atoms with Gasteiger partial charge in [0.05, 0.1) is 17.4 Å². The molecular weight excluding hydrogens is 300 g/mol. The first kappa shape index (κ1) is 16.3. The highest BCUT2D eigenvalue weighted by Gasteiger charge is 2.10. The van der Waals surface area contributed by atoms with E-state index in [-0.39, 0.29) is 18.3 Å². The molecule has 0 aliphatic carbocycles. The van der Waals surface area contributed by atoms with Crippen molar-refractivity contribution in [2.45, 2.75) is 6.42 Å². The summed E-state index contributed by atoms with van der Waals surface area (Å²) >= 11 is 0. The van der Waals surface area contributed by atoms with Gasteiger partial charge in [0.15, 0.2) is 0 Å². The van der Waals surface area contributed by atoms with Crippen LogP contribution in [0, 0.1) is 0 Å². The third kappa shape index (κ3) is 3.96. The van der Waals surface area contributed by atoms with Gasteiger partial charge < -0.3 is 10.6 Å². The second kappa shape index (κ2) is 7.77. The molecule has 0 bridgehead atoms. The molecule has 0 saturated carbocycles. The minimum absolute atomic E-state index is 0. The summed E-state index contributed by atoms with van der Waals surface area (Å²) in [5.74, 6) is -0.0865. The van der Waals surface area contributed by atoms with Gasteiger partial charge in [-0.1, -0.05) is 29.8 Å². The number of halogens is 1. The molecule has 1 aromatic carbocycles. The Bertz CT molecular complexity index is 651. The topological polar surface area (TPSA) is 59.0 Å². The van der Waals surface area contributed by atoms with Crippen molar-refractivity contribution in [1.29, 1.82) is 0 Å². The highest BCUT2D eigenvalue weighted by atomic mass is 35.5. The van der Waals surface area contributed by atoms with E-state index in [4.69, 9.17) is 0 Å². The Morgan fingerprint density at radius 1 is 1.32 bits per heavy atom. The number of hydrogen-bond acceptors (Lipinski definition) is 3. The number of carbonyl (C=O) groups is 1. The van der Waals surface area contributed by atoms with Crippen LogP contribution in [0.4, 0.5) is 0 Å². The SMILES string of the molecule is Cl.O=C(NCC1=CCNCC1)c1cnn(-c2ccccc2)c1. The number of nitrogens with zero attached hydrogens (tertiary/aromatic N) is 2. The van der Waals surface area contributed by atoms with Crippen molar-refractivity contribution >= 4 is 18.3 Å². The van der Waals surface area contributed by atoms with Crippen LogP contribution in [0.2, 0.25) is 0 Å². The van der Waals surface area contributed by atoms with Gasteiger partial charge in [-0.2, -0.15) is 5.10 Å². The van der Waals surface area contributed by atoms with Crippen LogP contribution >= 0.6 is 12.4 Å². The van der Waals surface area contributed by atoms with Gasteiger partial charge in [0, 0.05) is 19.3 Å². The molecule has 2 N–H and O–H groups in total. The van der Waals surface area contributed by atoms with E-state index in [2.05, 4.69) is 21.8 Å². The minimum atomic E-state index is -0.0865. The van der Waals surface area contributed by atoms with Crippen LogP contribution in [0.25, 0.3) is 5.69 Å². The number of benzene rings is 1. The molecule has 0 fully saturated rings. The van der Waals surface area contributed by atoms with E-state index >= 15 is 0 Å². The molecule has 0 radical (unpaired) electrons. The number of rotatable bonds is 4. The number of amides is 1. The van der Waals surface area contributed by atoms with Crippen LogP contribution in [-0.2, 0) is 0 Å². The highest BCUT2D eigenvalue weighted by molar-refractivity contribution is 5.93. The van der Waals surface area contributed by atoms with Crippen LogP contribution in [-0.4, -0.2) is 35.3 Å². The van der Waals surface area contributed by atoms with Gasteiger partial charge in [-0.25, -0.2) is 4.68 Å². The van der Waals surface area contributed by atoms with Gasteiger partial charge in [0.25, 0.3) is 5.91 Å². The molecule has 3 rings (SSSR count). The predicted octanol–water partition coefficient (Wildman–Crippen LogP) is 1.94. The molecule has 1 amide bonds. The van der Waals surface area contributed by atoms with E-state index in [1.165, 1.54) is 5.57 Å². The normalized spacial score (nSPS) is 13.9. The lowest BCUT2D eigenvalue weighted by molar-refractivity contribution is 0.0956. The van der Waals surface area contributed by atoms with Crippen molar-refractivity contribution in [3.8, 4) is 5.69 Å². The van der Waals surface area contributed by atoms with Crippen LogP contribution in [0.1, 0.15) is 16.8 Å². The maximum atomic E-state index is 12.1. The maximum absolute atomic E-state index is 12.1. The predicted molar refractivity (Wildman–Crippen MR) is 88.7 cm³/mol. The Morgan fingerprint density at radius 3 is 2.86 bits per heavy atom. The third-order valence-corrected chi connectivity index (χ3v) is 3.50. The number of nitrogens with one attached hydrogen (secondary N) is 2. The van der Waals surface area contributed by atoms with Gasteiger partial charge in [0.2, 0.25) is 0 Å². The van der Waals surface area contributed by atoms with E-state index < -0.39 is 0 Å². The molecule has 0 unspecified atom stereocenters. The average Bonchev–Trinajstić information content (AvgIpc) is 3.04. The van der Waals surface area contributed by atoms with Crippen molar-refractivity contribution < 1.29 is 4.79 Å². The van der Waals surface area contributed by atoms with Gasteiger partial charge in [-0.3, -0.25) is 4.79 Å². The summed E-state index contributed by atoms with van der Waals surface area (Å²) in [7, 11) is 0. The fraction of sp³-hybridized carbons (Fsp3) is 0.250. The summed E-state index contributed by atoms with van der Waals surface area (Å²) in [6.07, 6.45) is 6.47. The first-order valence-electron chi connectivity index (χ1n) is 7.10. The molecule has 116 valence electrons. The van der Waals surface area contributed by atoms with Gasteiger partial charge in [0.1, 0.15) is 0 Å². The minimum Gasteiger partial charge on any atom is -0.348 e. The molecule has 1 aromatic heterocycles. The molecule has 1 aliphatic heterocycles. The molecule has 0 spiro atoms. The van der Waals surface area contributed by atoms with Gasteiger partial charge in [-0.05, 0) is 25.1 Å². The van der Waals surface area contributed by atoms with Crippen LogP contribution in [0.5, 0.6) is 0 Å². The Labute approximate surface area is 135 Å². The standard InChI is InChI=1S/C16H18N4O.ClH/c21-16(18-10-13-6-8-17-9-7-13)14-11-19-20(12-14)15-4-2-1-3-5-15;/h1-6,11-12,17H,7-10H2,(H,18,21);1H.